The number of halogens is 2. The second kappa shape index (κ2) is 8.10. The SMILES string of the molecule is COC(=O)c1scc(Br)c1OC(=N)Oc1c(Br)csc1C(=O)OC. The van der Waals surface area contributed by atoms with Gasteiger partial charge in [-0.25, -0.2) is 15.0 Å². The second-order valence-corrected chi connectivity index (χ2v) is 7.43. The van der Waals surface area contributed by atoms with Crippen LogP contribution in [0.25, 0.3) is 0 Å². The molecule has 0 saturated carbocycles. The molecule has 0 aromatic carbocycles. The van der Waals surface area contributed by atoms with Crippen LogP contribution in [0.1, 0.15) is 19.3 Å². The highest BCUT2D eigenvalue weighted by Crippen LogP contribution is 2.38. The lowest BCUT2D eigenvalue weighted by Gasteiger charge is -2.09. The molecule has 0 amide bonds. The van der Waals surface area contributed by atoms with E-state index in [0.29, 0.717) is 8.95 Å². The minimum absolute atomic E-state index is 0.0998. The molecule has 128 valence electrons. The zero-order valence-corrected chi connectivity index (χ0v) is 17.0. The fourth-order valence-corrected chi connectivity index (χ4v) is 4.43. The topological polar surface area (TPSA) is 94.9 Å². The van der Waals surface area contributed by atoms with Crippen LogP contribution in [0.4, 0.5) is 0 Å². The van der Waals surface area contributed by atoms with Gasteiger partial charge in [0.2, 0.25) is 0 Å². The van der Waals surface area contributed by atoms with Crippen LogP contribution in [-0.4, -0.2) is 32.2 Å². The van der Waals surface area contributed by atoms with Gasteiger partial charge in [-0.2, -0.15) is 0 Å². The number of carbonyl (C=O) groups is 2. The Kier molecular flexibility index (Phi) is 6.38. The molecule has 0 aliphatic heterocycles. The molecule has 24 heavy (non-hydrogen) atoms. The van der Waals surface area contributed by atoms with Gasteiger partial charge < -0.3 is 18.9 Å². The van der Waals surface area contributed by atoms with Gasteiger partial charge >= 0.3 is 18.0 Å². The molecule has 2 aromatic heterocycles. The largest absolute Gasteiger partial charge is 0.465 e. The maximum absolute atomic E-state index is 11.7. The Morgan fingerprint density at radius 3 is 1.62 bits per heavy atom. The van der Waals surface area contributed by atoms with Crippen molar-refractivity contribution < 1.29 is 28.5 Å². The van der Waals surface area contributed by atoms with Crippen LogP contribution in [0.15, 0.2) is 19.7 Å². The van der Waals surface area contributed by atoms with Crippen LogP contribution in [0, 0.1) is 5.41 Å². The van der Waals surface area contributed by atoms with E-state index < -0.39 is 18.0 Å². The first-order valence-corrected chi connectivity index (χ1v) is 9.38. The van der Waals surface area contributed by atoms with Gasteiger partial charge in [-0.1, -0.05) is 0 Å². The summed E-state index contributed by atoms with van der Waals surface area (Å²) in [4.78, 5) is 23.7. The van der Waals surface area contributed by atoms with E-state index in [-0.39, 0.29) is 21.3 Å². The highest BCUT2D eigenvalue weighted by molar-refractivity contribution is 9.11. The molecule has 0 bridgehead atoms. The van der Waals surface area contributed by atoms with E-state index in [9.17, 15) is 9.59 Å². The first kappa shape index (κ1) is 18.9. The fourth-order valence-electron chi connectivity index (χ4n) is 1.52. The number of methoxy groups -OCH3 is 2. The molecular weight excluding hydrogens is 490 g/mol. The summed E-state index contributed by atoms with van der Waals surface area (Å²) in [6.45, 7) is 0. The van der Waals surface area contributed by atoms with Gasteiger partial charge in [-0.15, -0.1) is 22.7 Å². The third-order valence-electron chi connectivity index (χ3n) is 2.54. The van der Waals surface area contributed by atoms with Gasteiger partial charge in [0, 0.05) is 10.8 Å². The predicted molar refractivity (Wildman–Crippen MR) is 95.7 cm³/mol. The quantitative estimate of drug-likeness (QED) is 0.383. The molecule has 0 radical (unpaired) electrons. The summed E-state index contributed by atoms with van der Waals surface area (Å²) in [6, 6.07) is 0. The van der Waals surface area contributed by atoms with Gasteiger partial charge in [0.15, 0.2) is 21.3 Å². The van der Waals surface area contributed by atoms with Crippen molar-refractivity contribution in [2.45, 2.75) is 0 Å². The van der Waals surface area contributed by atoms with Crippen LogP contribution >= 0.6 is 54.5 Å². The molecule has 0 unspecified atom stereocenters. The normalized spacial score (nSPS) is 10.2. The molecular formula is C13H9Br2NO6S2. The maximum atomic E-state index is 11.7. The van der Waals surface area contributed by atoms with Gasteiger partial charge in [-0.3, -0.25) is 0 Å². The monoisotopic (exact) mass is 497 g/mol. The van der Waals surface area contributed by atoms with E-state index in [2.05, 4.69) is 41.3 Å². The first-order chi connectivity index (χ1) is 11.4. The van der Waals surface area contributed by atoms with Crippen molar-refractivity contribution in [3.05, 3.63) is 29.5 Å². The summed E-state index contributed by atoms with van der Waals surface area (Å²) < 4.78 is 20.8. The molecule has 0 aliphatic carbocycles. The summed E-state index contributed by atoms with van der Waals surface area (Å²) in [7, 11) is 2.49. The zero-order valence-electron chi connectivity index (χ0n) is 12.2. The molecule has 2 rings (SSSR count). The Balaban J connectivity index is 2.21. The van der Waals surface area contributed by atoms with Gasteiger partial charge in [0.1, 0.15) is 0 Å². The Morgan fingerprint density at radius 2 is 1.29 bits per heavy atom. The molecule has 0 aliphatic rings. The first-order valence-electron chi connectivity index (χ1n) is 6.03. The van der Waals surface area contributed by atoms with Crippen molar-refractivity contribution in [3.8, 4) is 11.5 Å². The molecule has 0 saturated heterocycles. The number of hydrogen-bond donors (Lipinski definition) is 1. The van der Waals surface area contributed by atoms with E-state index >= 15 is 0 Å². The van der Waals surface area contributed by atoms with Gasteiger partial charge in [-0.05, 0) is 31.9 Å². The number of carbonyl (C=O) groups excluding carboxylic acids is 2. The summed E-state index contributed by atoms with van der Waals surface area (Å²) in [5.74, 6) is -0.994. The number of rotatable bonds is 4. The smallest absolute Gasteiger partial charge is 0.391 e. The summed E-state index contributed by atoms with van der Waals surface area (Å²) in [5, 5.41) is 11.1. The molecule has 2 aromatic rings. The van der Waals surface area contributed by atoms with E-state index in [1.807, 2.05) is 0 Å². The minimum atomic E-state index is -0.622. The average Bonchev–Trinajstić information content (AvgIpc) is 3.10. The number of ether oxygens (including phenoxy) is 4. The number of nitrogens with one attached hydrogen (secondary N) is 1. The lowest BCUT2D eigenvalue weighted by atomic mass is 10.4. The summed E-state index contributed by atoms with van der Waals surface area (Å²) in [5.41, 5.74) is 0. The lowest BCUT2D eigenvalue weighted by molar-refractivity contribution is 0.0596. The van der Waals surface area contributed by atoms with Crippen molar-refractivity contribution in [1.82, 2.24) is 0 Å². The van der Waals surface area contributed by atoms with Gasteiger partial charge in [0.05, 0.1) is 23.2 Å². The summed E-state index contributed by atoms with van der Waals surface area (Å²) in [6.07, 6.45) is -0.622. The third kappa shape index (κ3) is 3.97. The van der Waals surface area contributed by atoms with Crippen molar-refractivity contribution in [2.24, 2.45) is 0 Å². The van der Waals surface area contributed by atoms with Crippen LogP contribution in [0.5, 0.6) is 11.5 Å². The van der Waals surface area contributed by atoms with Crippen LogP contribution in [0.3, 0.4) is 0 Å². The molecule has 0 atom stereocenters. The average molecular weight is 499 g/mol. The summed E-state index contributed by atoms with van der Waals surface area (Å²) >= 11 is 8.64. The molecule has 0 spiro atoms. The highest BCUT2D eigenvalue weighted by atomic mass is 79.9. The molecule has 11 heteroatoms. The molecule has 0 fully saturated rings. The Labute approximate surface area is 161 Å². The Morgan fingerprint density at radius 1 is 0.917 bits per heavy atom. The lowest BCUT2D eigenvalue weighted by Crippen LogP contribution is -2.17. The van der Waals surface area contributed by atoms with Crippen molar-refractivity contribution in [2.75, 3.05) is 14.2 Å². The van der Waals surface area contributed by atoms with Crippen molar-refractivity contribution in [1.29, 1.82) is 5.41 Å². The minimum Gasteiger partial charge on any atom is -0.465 e. The van der Waals surface area contributed by atoms with Crippen LogP contribution in [-0.2, 0) is 9.47 Å². The van der Waals surface area contributed by atoms with Crippen molar-refractivity contribution in [3.63, 3.8) is 0 Å². The fraction of sp³-hybridized carbons (Fsp3) is 0.154. The van der Waals surface area contributed by atoms with Gasteiger partial charge in [0.25, 0.3) is 0 Å². The second-order valence-electron chi connectivity index (χ2n) is 3.96. The Bertz CT molecular complexity index is 736. The maximum Gasteiger partial charge on any atom is 0.391 e. The zero-order chi connectivity index (χ0) is 17.9. The van der Waals surface area contributed by atoms with Crippen LogP contribution < -0.4 is 9.47 Å². The standard InChI is InChI=1S/C13H9Br2NO6S2/c1-19-11(17)9-7(5(14)3-23-9)21-13(16)22-8-6(15)4-24-10(8)12(18)20-2/h3-4,16H,1-2H3. The Hall–Kier alpha value is -1.43. The third-order valence-corrected chi connectivity index (χ3v) is 6.20. The van der Waals surface area contributed by atoms with E-state index in [4.69, 9.17) is 14.9 Å². The number of esters is 2. The number of hydrogen-bond acceptors (Lipinski definition) is 9. The molecule has 1 N–H and O–H groups in total. The van der Waals surface area contributed by atoms with Crippen molar-refractivity contribution >= 4 is 72.6 Å². The molecule has 7 nitrogen and oxygen atoms in total. The number of thiophene rings is 2. The van der Waals surface area contributed by atoms with E-state index in [0.717, 1.165) is 22.7 Å². The molecule has 2 heterocycles. The predicted octanol–water partition coefficient (Wildman–Crippen LogP) is 4.30. The van der Waals surface area contributed by atoms with E-state index in [1.165, 1.54) is 14.2 Å². The van der Waals surface area contributed by atoms with E-state index in [1.54, 1.807) is 10.8 Å². The van der Waals surface area contributed by atoms with Crippen LogP contribution in [0.2, 0.25) is 0 Å². The highest BCUT2D eigenvalue weighted by Gasteiger charge is 2.24.